The zero-order valence-electron chi connectivity index (χ0n) is 17.2. The number of nitrogens with one attached hydrogen (secondary N) is 2. The van der Waals surface area contributed by atoms with Crippen LogP contribution < -0.4 is 20.3 Å². The molecule has 2 aromatic rings. The fourth-order valence-corrected chi connectivity index (χ4v) is 4.03. The molecule has 2 heterocycles. The van der Waals surface area contributed by atoms with Crippen LogP contribution in [0.15, 0.2) is 18.2 Å². The first-order valence-electron chi connectivity index (χ1n) is 10.1. The molecule has 0 unspecified atom stereocenters. The van der Waals surface area contributed by atoms with E-state index >= 15 is 0 Å². The molecule has 4 rings (SSSR count). The fraction of sp³-hybridized carbons (Fsp3) is 0.550. The van der Waals surface area contributed by atoms with E-state index < -0.39 is 0 Å². The van der Waals surface area contributed by atoms with Gasteiger partial charge >= 0.3 is 0 Å². The molecule has 8 nitrogen and oxygen atoms in total. The summed E-state index contributed by atoms with van der Waals surface area (Å²) in [5.74, 6) is 2.42. The maximum atomic E-state index is 6.26. The summed E-state index contributed by atoms with van der Waals surface area (Å²) >= 11 is 6.26. The van der Waals surface area contributed by atoms with Gasteiger partial charge in [-0.3, -0.25) is 0 Å². The predicted octanol–water partition coefficient (Wildman–Crippen LogP) is 3.38. The van der Waals surface area contributed by atoms with Gasteiger partial charge in [0.15, 0.2) is 0 Å². The van der Waals surface area contributed by atoms with Crippen LogP contribution >= 0.6 is 11.6 Å². The highest BCUT2D eigenvalue weighted by molar-refractivity contribution is 6.32. The molecule has 1 aliphatic carbocycles. The summed E-state index contributed by atoms with van der Waals surface area (Å²) in [4.78, 5) is 18.7. The number of hydrogen-bond donors (Lipinski definition) is 2. The van der Waals surface area contributed by atoms with Gasteiger partial charge in [-0.05, 0) is 64.0 Å². The molecule has 0 radical (unpaired) electrons. The van der Waals surface area contributed by atoms with Gasteiger partial charge in [0.25, 0.3) is 0 Å². The van der Waals surface area contributed by atoms with Gasteiger partial charge in [0.2, 0.25) is 17.8 Å². The Morgan fingerprint density at radius 2 is 1.76 bits per heavy atom. The topological polar surface area (TPSA) is 78.4 Å². The van der Waals surface area contributed by atoms with Crippen molar-refractivity contribution in [3.63, 3.8) is 0 Å². The molecule has 0 spiro atoms. The van der Waals surface area contributed by atoms with Crippen LogP contribution in [-0.2, 0) is 0 Å². The number of rotatable bonds is 7. The van der Waals surface area contributed by atoms with Crippen molar-refractivity contribution in [2.75, 3.05) is 49.8 Å². The Morgan fingerprint density at radius 1 is 1.07 bits per heavy atom. The van der Waals surface area contributed by atoms with Crippen molar-refractivity contribution in [2.24, 2.45) is 0 Å². The number of aromatic nitrogens is 3. The van der Waals surface area contributed by atoms with E-state index in [4.69, 9.17) is 21.3 Å². The Kier molecular flexibility index (Phi) is 5.91. The van der Waals surface area contributed by atoms with Crippen LogP contribution in [-0.4, -0.2) is 66.2 Å². The van der Waals surface area contributed by atoms with E-state index in [1.54, 1.807) is 13.2 Å². The monoisotopic (exact) mass is 417 g/mol. The standard InChI is InChI=1S/C20H28ClN7O/c1-22-18-24-19(23-13-4-7-17(29-3)16(21)12-13)26-20(25-18)28(14-5-6-14)15-8-10-27(2)11-9-15/h4,7,12,14-15H,5-6,8-11H2,1-3H3,(H2,22,23,24,25,26). The number of piperidine rings is 1. The highest BCUT2D eigenvalue weighted by atomic mass is 35.5. The maximum absolute atomic E-state index is 6.26. The highest BCUT2D eigenvalue weighted by Crippen LogP contribution is 2.35. The lowest BCUT2D eigenvalue weighted by Crippen LogP contribution is -2.45. The van der Waals surface area contributed by atoms with E-state index in [0.29, 0.717) is 34.8 Å². The van der Waals surface area contributed by atoms with Crippen molar-refractivity contribution in [3.8, 4) is 5.75 Å². The van der Waals surface area contributed by atoms with Crippen LogP contribution in [0.5, 0.6) is 5.75 Å². The molecular formula is C20H28ClN7O. The Labute approximate surface area is 176 Å². The lowest BCUT2D eigenvalue weighted by atomic mass is 10.0. The molecule has 2 N–H and O–H groups in total. The predicted molar refractivity (Wildman–Crippen MR) is 117 cm³/mol. The molecular weight excluding hydrogens is 390 g/mol. The van der Waals surface area contributed by atoms with Gasteiger partial charge in [0.1, 0.15) is 5.75 Å². The normalized spacial score (nSPS) is 17.8. The second-order valence-corrected chi connectivity index (χ2v) is 8.09. The Balaban J connectivity index is 1.61. The first-order valence-corrected chi connectivity index (χ1v) is 10.5. The number of benzene rings is 1. The van der Waals surface area contributed by atoms with Crippen LogP contribution in [0.3, 0.4) is 0 Å². The van der Waals surface area contributed by atoms with Crippen LogP contribution in [0.4, 0.5) is 23.5 Å². The minimum Gasteiger partial charge on any atom is -0.495 e. The zero-order valence-corrected chi connectivity index (χ0v) is 17.9. The maximum Gasteiger partial charge on any atom is 0.233 e. The molecule has 9 heteroatoms. The molecule has 0 amide bonds. The minimum absolute atomic E-state index is 0.467. The molecule has 156 valence electrons. The Bertz CT molecular complexity index is 853. The van der Waals surface area contributed by atoms with Crippen molar-refractivity contribution in [2.45, 2.75) is 37.8 Å². The molecule has 29 heavy (non-hydrogen) atoms. The average molecular weight is 418 g/mol. The van der Waals surface area contributed by atoms with Crippen LogP contribution in [0.25, 0.3) is 0 Å². The first kappa shape index (κ1) is 20.0. The largest absolute Gasteiger partial charge is 0.495 e. The van der Waals surface area contributed by atoms with E-state index in [-0.39, 0.29) is 0 Å². The smallest absolute Gasteiger partial charge is 0.233 e. The third-order valence-electron chi connectivity index (χ3n) is 5.51. The number of anilines is 4. The summed E-state index contributed by atoms with van der Waals surface area (Å²) in [6.07, 6.45) is 4.66. The molecule has 2 aliphatic rings. The van der Waals surface area contributed by atoms with E-state index in [0.717, 1.165) is 37.6 Å². The minimum atomic E-state index is 0.467. The average Bonchev–Trinajstić information content (AvgIpc) is 3.55. The lowest BCUT2D eigenvalue weighted by molar-refractivity contribution is 0.248. The summed E-state index contributed by atoms with van der Waals surface area (Å²) in [5.41, 5.74) is 0.798. The number of methoxy groups -OCH3 is 1. The van der Waals surface area contributed by atoms with Crippen molar-refractivity contribution in [1.82, 2.24) is 19.9 Å². The molecule has 2 fully saturated rings. The van der Waals surface area contributed by atoms with Crippen molar-refractivity contribution in [3.05, 3.63) is 23.2 Å². The van der Waals surface area contributed by atoms with Gasteiger partial charge in [-0.25, -0.2) is 0 Å². The fourth-order valence-electron chi connectivity index (χ4n) is 3.77. The third kappa shape index (κ3) is 4.64. The highest BCUT2D eigenvalue weighted by Gasteiger charge is 2.37. The van der Waals surface area contributed by atoms with Gasteiger partial charge in [-0.15, -0.1) is 0 Å². The number of likely N-dealkylation sites (tertiary alicyclic amines) is 1. The SMILES string of the molecule is CNc1nc(Nc2ccc(OC)c(Cl)c2)nc(N(C2CC2)C2CCN(C)CC2)n1. The summed E-state index contributed by atoms with van der Waals surface area (Å²) < 4.78 is 5.22. The molecule has 0 atom stereocenters. The lowest BCUT2D eigenvalue weighted by Gasteiger charge is -2.37. The van der Waals surface area contributed by atoms with Gasteiger partial charge in [-0.1, -0.05) is 11.6 Å². The number of hydrogen-bond acceptors (Lipinski definition) is 8. The van der Waals surface area contributed by atoms with E-state index in [9.17, 15) is 0 Å². The summed E-state index contributed by atoms with van der Waals surface area (Å²) in [6.45, 7) is 2.21. The first-order chi connectivity index (χ1) is 14.1. The van der Waals surface area contributed by atoms with Crippen LogP contribution in [0, 0.1) is 0 Å². The van der Waals surface area contributed by atoms with Crippen LogP contribution in [0.2, 0.25) is 5.02 Å². The number of ether oxygens (including phenoxy) is 1. The Hall–Kier alpha value is -2.32. The summed E-state index contributed by atoms with van der Waals surface area (Å²) in [7, 11) is 5.60. The molecule has 1 saturated heterocycles. The Morgan fingerprint density at radius 3 is 2.38 bits per heavy atom. The molecule has 1 saturated carbocycles. The quantitative estimate of drug-likeness (QED) is 0.709. The summed E-state index contributed by atoms with van der Waals surface area (Å²) in [6, 6.07) is 6.51. The van der Waals surface area contributed by atoms with Gasteiger partial charge < -0.3 is 25.2 Å². The van der Waals surface area contributed by atoms with Gasteiger partial charge in [0.05, 0.1) is 12.1 Å². The van der Waals surface area contributed by atoms with E-state index in [1.807, 2.05) is 19.2 Å². The van der Waals surface area contributed by atoms with Gasteiger partial charge in [0, 0.05) is 24.8 Å². The van der Waals surface area contributed by atoms with Gasteiger partial charge in [-0.2, -0.15) is 15.0 Å². The van der Waals surface area contributed by atoms with E-state index in [2.05, 4.69) is 37.4 Å². The van der Waals surface area contributed by atoms with Crippen molar-refractivity contribution < 1.29 is 4.74 Å². The van der Waals surface area contributed by atoms with Crippen molar-refractivity contribution in [1.29, 1.82) is 0 Å². The second-order valence-electron chi connectivity index (χ2n) is 7.68. The molecule has 1 aromatic heterocycles. The molecule has 1 aliphatic heterocycles. The summed E-state index contributed by atoms with van der Waals surface area (Å²) in [5, 5.41) is 6.86. The zero-order chi connectivity index (χ0) is 20.4. The second kappa shape index (κ2) is 8.59. The van der Waals surface area contributed by atoms with Crippen molar-refractivity contribution >= 4 is 35.1 Å². The van der Waals surface area contributed by atoms with Crippen LogP contribution in [0.1, 0.15) is 25.7 Å². The molecule has 1 aromatic carbocycles. The van der Waals surface area contributed by atoms with E-state index in [1.165, 1.54) is 12.8 Å². The number of halogens is 1. The number of nitrogens with zero attached hydrogens (tertiary/aromatic N) is 5. The molecule has 0 bridgehead atoms. The third-order valence-corrected chi connectivity index (χ3v) is 5.80.